The molecule has 254 valence electrons. The monoisotopic (exact) mass is 674 g/mol. The number of anilines is 1. The molecule has 1 heterocycles. The Balaban J connectivity index is 1.27. The Kier molecular flexibility index (Phi) is 10.4. The fraction of sp³-hybridized carbons (Fsp3) is 0.114. The summed E-state index contributed by atoms with van der Waals surface area (Å²) in [5.74, 6) is 2.15. The minimum atomic E-state index is -0.261. The smallest absolute Gasteiger partial charge is 0.163 e. The van der Waals surface area contributed by atoms with Gasteiger partial charge < -0.3 is 29.8 Å². The summed E-state index contributed by atoms with van der Waals surface area (Å²) in [6, 6.07) is 47.2. The van der Waals surface area contributed by atoms with Crippen molar-refractivity contribution in [3.63, 3.8) is 0 Å². The molecule has 7 nitrogen and oxygen atoms in total. The highest BCUT2D eigenvalue weighted by molar-refractivity contribution is 5.93. The standard InChI is InChI=1S/C44H38N2O5/c45-39-23-43(50-29-33-17-9-3-10-18-33)41(48-27-31-13-5-1-6-14-31)21-35(39)37-25-46-40-24-44(51-30-34-19-11-4-12-20-34)42(22-36(40)38(37)26-47)49-28-32-15-7-2-8-16-32/h1-25,47H,26-30,45H2. The molecule has 0 unspecified atom stereocenters. The third kappa shape index (κ3) is 8.12. The molecule has 0 saturated carbocycles. The van der Waals surface area contributed by atoms with Gasteiger partial charge in [0.2, 0.25) is 0 Å². The molecule has 0 radical (unpaired) electrons. The van der Waals surface area contributed by atoms with Crippen LogP contribution in [0.1, 0.15) is 27.8 Å². The molecule has 0 bridgehead atoms. The van der Waals surface area contributed by atoms with Crippen molar-refractivity contribution in [1.29, 1.82) is 0 Å². The summed E-state index contributed by atoms with van der Waals surface area (Å²) in [6.45, 7) is 1.13. The summed E-state index contributed by atoms with van der Waals surface area (Å²) in [5, 5.41) is 11.6. The van der Waals surface area contributed by atoms with E-state index in [9.17, 15) is 5.11 Å². The number of nitrogens with two attached hydrogens (primary N) is 1. The van der Waals surface area contributed by atoms with E-state index in [-0.39, 0.29) is 6.61 Å². The van der Waals surface area contributed by atoms with Crippen LogP contribution in [0.15, 0.2) is 152 Å². The average molecular weight is 675 g/mol. The van der Waals surface area contributed by atoms with Crippen molar-refractivity contribution in [2.75, 3.05) is 5.73 Å². The Hall–Kier alpha value is -6.31. The first kappa shape index (κ1) is 33.2. The van der Waals surface area contributed by atoms with Crippen molar-refractivity contribution in [2.24, 2.45) is 0 Å². The van der Waals surface area contributed by atoms with Crippen LogP contribution in [0.2, 0.25) is 0 Å². The van der Waals surface area contributed by atoms with Crippen molar-refractivity contribution < 1.29 is 24.1 Å². The summed E-state index contributed by atoms with van der Waals surface area (Å²) in [6.07, 6.45) is 1.73. The lowest BCUT2D eigenvalue weighted by atomic mass is 9.96. The van der Waals surface area contributed by atoms with Gasteiger partial charge in [-0.1, -0.05) is 121 Å². The number of aliphatic hydroxyl groups is 1. The number of pyridine rings is 1. The zero-order chi connectivity index (χ0) is 34.8. The molecule has 0 aliphatic carbocycles. The van der Waals surface area contributed by atoms with E-state index in [0.29, 0.717) is 77.3 Å². The maximum absolute atomic E-state index is 10.9. The molecule has 7 aromatic rings. The fourth-order valence-corrected chi connectivity index (χ4v) is 5.86. The molecule has 1 aromatic heterocycles. The molecule has 0 aliphatic rings. The number of aromatic nitrogens is 1. The van der Waals surface area contributed by atoms with Crippen LogP contribution < -0.4 is 24.7 Å². The van der Waals surface area contributed by atoms with E-state index in [4.69, 9.17) is 29.7 Å². The van der Waals surface area contributed by atoms with E-state index in [0.717, 1.165) is 27.6 Å². The van der Waals surface area contributed by atoms with Gasteiger partial charge >= 0.3 is 0 Å². The molecular formula is C44H38N2O5. The summed E-state index contributed by atoms with van der Waals surface area (Å²) in [5.41, 5.74) is 13.9. The summed E-state index contributed by atoms with van der Waals surface area (Å²) < 4.78 is 25.3. The van der Waals surface area contributed by atoms with Crippen molar-refractivity contribution in [3.8, 4) is 34.1 Å². The maximum Gasteiger partial charge on any atom is 0.163 e. The molecule has 0 amide bonds. The highest BCUT2D eigenvalue weighted by Gasteiger charge is 2.20. The van der Waals surface area contributed by atoms with E-state index in [2.05, 4.69) is 0 Å². The Labute approximate surface area is 297 Å². The second-order valence-corrected chi connectivity index (χ2v) is 12.1. The van der Waals surface area contributed by atoms with E-state index in [1.807, 2.05) is 140 Å². The largest absolute Gasteiger partial charge is 0.485 e. The number of benzene rings is 6. The second-order valence-electron chi connectivity index (χ2n) is 12.1. The van der Waals surface area contributed by atoms with Gasteiger partial charge in [-0.25, -0.2) is 0 Å². The molecule has 7 rings (SSSR count). The molecule has 3 N–H and O–H groups in total. The Morgan fingerprint density at radius 2 is 0.863 bits per heavy atom. The molecule has 6 aromatic carbocycles. The van der Waals surface area contributed by atoms with Crippen LogP contribution in [-0.2, 0) is 33.0 Å². The van der Waals surface area contributed by atoms with Crippen LogP contribution in [0.3, 0.4) is 0 Å². The van der Waals surface area contributed by atoms with Gasteiger partial charge in [0.25, 0.3) is 0 Å². The third-order valence-electron chi connectivity index (χ3n) is 8.56. The van der Waals surface area contributed by atoms with Crippen LogP contribution in [0.4, 0.5) is 5.69 Å². The van der Waals surface area contributed by atoms with Gasteiger partial charge in [0.1, 0.15) is 26.4 Å². The number of hydrogen-bond acceptors (Lipinski definition) is 7. The number of rotatable bonds is 14. The van der Waals surface area contributed by atoms with Crippen LogP contribution in [-0.4, -0.2) is 10.1 Å². The normalized spacial score (nSPS) is 10.9. The van der Waals surface area contributed by atoms with Gasteiger partial charge in [0.05, 0.1) is 12.1 Å². The van der Waals surface area contributed by atoms with Crippen molar-refractivity contribution in [3.05, 3.63) is 180 Å². The van der Waals surface area contributed by atoms with Crippen molar-refractivity contribution >= 4 is 16.6 Å². The molecule has 0 atom stereocenters. The quantitative estimate of drug-likeness (QED) is 0.111. The minimum absolute atomic E-state index is 0.261. The molecule has 0 aliphatic heterocycles. The van der Waals surface area contributed by atoms with E-state index >= 15 is 0 Å². The number of aliphatic hydroxyl groups excluding tert-OH is 1. The SMILES string of the molecule is Nc1cc(OCc2ccccc2)c(OCc2ccccc2)cc1-c1cnc2cc(OCc3ccccc3)c(OCc3ccccc3)cc2c1CO. The Bertz CT molecular complexity index is 2200. The van der Waals surface area contributed by atoms with Gasteiger partial charge in [-0.3, -0.25) is 4.98 Å². The minimum Gasteiger partial charge on any atom is -0.485 e. The van der Waals surface area contributed by atoms with Gasteiger partial charge in [0, 0.05) is 40.5 Å². The molecule has 0 spiro atoms. The summed E-state index contributed by atoms with van der Waals surface area (Å²) in [4.78, 5) is 4.83. The Morgan fingerprint density at radius 3 is 1.29 bits per heavy atom. The van der Waals surface area contributed by atoms with Crippen molar-refractivity contribution in [1.82, 2.24) is 4.98 Å². The van der Waals surface area contributed by atoms with Gasteiger partial charge in [-0.05, 0) is 39.9 Å². The van der Waals surface area contributed by atoms with Crippen LogP contribution in [0, 0.1) is 0 Å². The number of hydrogen-bond donors (Lipinski definition) is 2. The highest BCUT2D eigenvalue weighted by Crippen LogP contribution is 2.42. The average Bonchev–Trinajstić information content (AvgIpc) is 3.19. The first-order chi connectivity index (χ1) is 25.1. The van der Waals surface area contributed by atoms with Gasteiger partial charge in [-0.15, -0.1) is 0 Å². The van der Waals surface area contributed by atoms with Crippen LogP contribution >= 0.6 is 0 Å². The van der Waals surface area contributed by atoms with E-state index < -0.39 is 0 Å². The lowest BCUT2D eigenvalue weighted by molar-refractivity contribution is 0.256. The van der Waals surface area contributed by atoms with Crippen molar-refractivity contribution in [2.45, 2.75) is 33.0 Å². The summed E-state index contributed by atoms with van der Waals surface area (Å²) >= 11 is 0. The third-order valence-corrected chi connectivity index (χ3v) is 8.56. The summed E-state index contributed by atoms with van der Waals surface area (Å²) in [7, 11) is 0. The first-order valence-electron chi connectivity index (χ1n) is 16.8. The fourth-order valence-electron chi connectivity index (χ4n) is 5.86. The number of nitrogen functional groups attached to an aromatic ring is 1. The number of ether oxygens (including phenoxy) is 4. The van der Waals surface area contributed by atoms with E-state index in [1.165, 1.54) is 0 Å². The number of fused-ring (bicyclic) bond motifs is 1. The second kappa shape index (κ2) is 15.9. The van der Waals surface area contributed by atoms with E-state index in [1.54, 1.807) is 12.3 Å². The Morgan fingerprint density at radius 1 is 0.471 bits per heavy atom. The molecular weight excluding hydrogens is 636 g/mol. The molecule has 0 fully saturated rings. The van der Waals surface area contributed by atoms with Gasteiger partial charge in [-0.2, -0.15) is 0 Å². The van der Waals surface area contributed by atoms with Gasteiger partial charge in [0.15, 0.2) is 23.0 Å². The zero-order valence-corrected chi connectivity index (χ0v) is 28.1. The lowest BCUT2D eigenvalue weighted by Crippen LogP contribution is -2.04. The predicted octanol–water partition coefficient (Wildman–Crippen LogP) is 9.29. The highest BCUT2D eigenvalue weighted by atomic mass is 16.5. The maximum atomic E-state index is 10.9. The molecule has 0 saturated heterocycles. The zero-order valence-electron chi connectivity index (χ0n) is 28.1. The predicted molar refractivity (Wildman–Crippen MR) is 201 cm³/mol. The molecule has 7 heteroatoms. The first-order valence-corrected chi connectivity index (χ1v) is 16.8. The lowest BCUT2D eigenvalue weighted by Gasteiger charge is -2.19. The van der Waals surface area contributed by atoms with Crippen LogP contribution in [0.5, 0.6) is 23.0 Å². The molecule has 51 heavy (non-hydrogen) atoms. The van der Waals surface area contributed by atoms with Crippen LogP contribution in [0.25, 0.3) is 22.0 Å². The number of nitrogens with zero attached hydrogens (tertiary/aromatic N) is 1. The topological polar surface area (TPSA) is 96.1 Å².